The van der Waals surface area contributed by atoms with Crippen LogP contribution in [0.15, 0.2) is 46.9 Å². The Morgan fingerprint density at radius 3 is 2.68 bits per heavy atom. The number of nitrogens with zero attached hydrogens (tertiary/aromatic N) is 1. The standard InChI is InChI=1S/C15H11BrFNO4/c1-9(10-3-2-4-12(7-10)18(20)21)22-15(19)13-6-5-11(16)8-14(13)17/h2-9H,1H3/t9-/m0/s1. The van der Waals surface area contributed by atoms with Crippen LogP contribution in [0.3, 0.4) is 0 Å². The average Bonchev–Trinajstić information content (AvgIpc) is 2.47. The lowest BCUT2D eigenvalue weighted by atomic mass is 10.1. The molecule has 0 fully saturated rings. The molecule has 7 heteroatoms. The largest absolute Gasteiger partial charge is 0.454 e. The van der Waals surface area contributed by atoms with E-state index >= 15 is 0 Å². The van der Waals surface area contributed by atoms with Crippen molar-refractivity contribution in [2.24, 2.45) is 0 Å². The van der Waals surface area contributed by atoms with Gasteiger partial charge < -0.3 is 4.74 Å². The third-order valence-electron chi connectivity index (χ3n) is 2.99. The first-order valence-electron chi connectivity index (χ1n) is 6.29. The minimum Gasteiger partial charge on any atom is -0.454 e. The minimum atomic E-state index is -0.830. The van der Waals surface area contributed by atoms with E-state index in [4.69, 9.17) is 4.74 Å². The molecule has 22 heavy (non-hydrogen) atoms. The fraction of sp³-hybridized carbons (Fsp3) is 0.133. The number of hydrogen-bond acceptors (Lipinski definition) is 4. The lowest BCUT2D eigenvalue weighted by molar-refractivity contribution is -0.385. The summed E-state index contributed by atoms with van der Waals surface area (Å²) < 4.78 is 19.4. The molecule has 0 radical (unpaired) electrons. The Hall–Kier alpha value is -2.28. The predicted molar refractivity (Wildman–Crippen MR) is 81.0 cm³/mol. The maximum atomic E-state index is 13.7. The van der Waals surface area contributed by atoms with Crippen molar-refractivity contribution in [1.29, 1.82) is 0 Å². The van der Waals surface area contributed by atoms with Gasteiger partial charge in [0.25, 0.3) is 5.69 Å². The highest BCUT2D eigenvalue weighted by Crippen LogP contribution is 2.24. The monoisotopic (exact) mass is 367 g/mol. The van der Waals surface area contributed by atoms with Crippen LogP contribution in [-0.2, 0) is 4.74 Å². The van der Waals surface area contributed by atoms with Crippen molar-refractivity contribution in [3.05, 3.63) is 74.0 Å². The van der Waals surface area contributed by atoms with Gasteiger partial charge >= 0.3 is 5.97 Å². The number of hydrogen-bond donors (Lipinski definition) is 0. The summed E-state index contributed by atoms with van der Waals surface area (Å²) in [5, 5.41) is 10.7. The number of rotatable bonds is 4. The molecule has 2 aromatic rings. The first-order valence-corrected chi connectivity index (χ1v) is 7.08. The van der Waals surface area contributed by atoms with Crippen LogP contribution in [0.4, 0.5) is 10.1 Å². The smallest absolute Gasteiger partial charge is 0.341 e. The molecule has 0 aliphatic heterocycles. The summed E-state index contributed by atoms with van der Waals surface area (Å²) in [6.07, 6.45) is -0.740. The zero-order valence-electron chi connectivity index (χ0n) is 11.5. The van der Waals surface area contributed by atoms with Gasteiger partial charge in [-0.15, -0.1) is 0 Å². The molecule has 0 N–H and O–H groups in total. The van der Waals surface area contributed by atoms with Crippen LogP contribution in [0, 0.1) is 15.9 Å². The Balaban J connectivity index is 2.17. The SMILES string of the molecule is C[C@H](OC(=O)c1ccc(Br)cc1F)c1cccc([N+](=O)[O-])c1. The molecular weight excluding hydrogens is 357 g/mol. The number of halogens is 2. The highest BCUT2D eigenvalue weighted by molar-refractivity contribution is 9.10. The molecule has 0 bridgehead atoms. The summed E-state index contributed by atoms with van der Waals surface area (Å²) >= 11 is 3.10. The Bertz CT molecular complexity index is 735. The predicted octanol–water partition coefficient (Wildman–Crippen LogP) is 4.41. The van der Waals surface area contributed by atoms with E-state index < -0.39 is 22.8 Å². The van der Waals surface area contributed by atoms with Gasteiger partial charge in [-0.2, -0.15) is 0 Å². The van der Waals surface area contributed by atoms with Crippen molar-refractivity contribution >= 4 is 27.6 Å². The molecule has 1 atom stereocenters. The molecule has 5 nitrogen and oxygen atoms in total. The molecule has 0 unspecified atom stereocenters. The quantitative estimate of drug-likeness (QED) is 0.455. The van der Waals surface area contributed by atoms with Gasteiger partial charge in [-0.05, 0) is 30.7 Å². The summed E-state index contributed by atoms with van der Waals surface area (Å²) in [6.45, 7) is 1.56. The molecule has 0 aromatic heterocycles. The van der Waals surface area contributed by atoms with Gasteiger partial charge in [0, 0.05) is 16.6 Å². The summed E-state index contributed by atoms with van der Waals surface area (Å²) in [7, 11) is 0. The zero-order valence-corrected chi connectivity index (χ0v) is 13.0. The first-order chi connectivity index (χ1) is 10.4. The average molecular weight is 368 g/mol. The highest BCUT2D eigenvalue weighted by atomic mass is 79.9. The van der Waals surface area contributed by atoms with Crippen LogP contribution in [0.5, 0.6) is 0 Å². The maximum absolute atomic E-state index is 13.7. The van der Waals surface area contributed by atoms with Gasteiger partial charge in [0.1, 0.15) is 11.9 Å². The minimum absolute atomic E-state index is 0.102. The van der Waals surface area contributed by atoms with Crippen LogP contribution in [-0.4, -0.2) is 10.9 Å². The highest BCUT2D eigenvalue weighted by Gasteiger charge is 2.18. The molecule has 0 spiro atoms. The molecule has 0 saturated heterocycles. The molecule has 2 aromatic carbocycles. The van der Waals surface area contributed by atoms with E-state index in [1.165, 1.54) is 30.3 Å². The molecule has 114 valence electrons. The lowest BCUT2D eigenvalue weighted by Gasteiger charge is -2.14. The Labute approximate surface area is 134 Å². The van der Waals surface area contributed by atoms with Crippen molar-refractivity contribution in [3.63, 3.8) is 0 Å². The summed E-state index contributed by atoms with van der Waals surface area (Å²) in [6, 6.07) is 9.75. The number of ether oxygens (including phenoxy) is 1. The fourth-order valence-electron chi connectivity index (χ4n) is 1.84. The van der Waals surface area contributed by atoms with E-state index in [0.29, 0.717) is 10.0 Å². The van der Waals surface area contributed by atoms with Crippen LogP contribution < -0.4 is 0 Å². The van der Waals surface area contributed by atoms with E-state index in [1.807, 2.05) is 0 Å². The molecule has 0 aliphatic carbocycles. The maximum Gasteiger partial charge on any atom is 0.341 e. The zero-order chi connectivity index (χ0) is 16.3. The van der Waals surface area contributed by atoms with E-state index in [-0.39, 0.29) is 11.3 Å². The summed E-state index contributed by atoms with van der Waals surface area (Å²) in [4.78, 5) is 22.2. The van der Waals surface area contributed by atoms with Crippen molar-refractivity contribution < 1.29 is 18.8 Å². The number of benzene rings is 2. The van der Waals surface area contributed by atoms with Gasteiger partial charge in [0.05, 0.1) is 10.5 Å². The second-order valence-electron chi connectivity index (χ2n) is 4.52. The lowest BCUT2D eigenvalue weighted by Crippen LogP contribution is -2.11. The second-order valence-corrected chi connectivity index (χ2v) is 5.44. The van der Waals surface area contributed by atoms with Gasteiger partial charge in [0.15, 0.2) is 0 Å². The first kappa shape index (κ1) is 16.1. The second kappa shape index (κ2) is 6.65. The number of non-ortho nitro benzene ring substituents is 1. The van der Waals surface area contributed by atoms with E-state index in [9.17, 15) is 19.3 Å². The van der Waals surface area contributed by atoms with Gasteiger partial charge in [0.2, 0.25) is 0 Å². The summed E-state index contributed by atoms with van der Waals surface area (Å²) in [5.74, 6) is -1.53. The van der Waals surface area contributed by atoms with E-state index in [0.717, 1.165) is 6.07 Å². The number of carbonyl (C=O) groups is 1. The van der Waals surface area contributed by atoms with Crippen LogP contribution in [0.2, 0.25) is 0 Å². The third kappa shape index (κ3) is 3.67. The van der Waals surface area contributed by atoms with E-state index in [1.54, 1.807) is 13.0 Å². The molecule has 2 rings (SSSR count). The van der Waals surface area contributed by atoms with Crippen molar-refractivity contribution in [1.82, 2.24) is 0 Å². The number of nitro groups is 1. The van der Waals surface area contributed by atoms with Crippen molar-refractivity contribution in [2.45, 2.75) is 13.0 Å². The molecule has 0 aliphatic rings. The Morgan fingerprint density at radius 2 is 2.05 bits per heavy atom. The Morgan fingerprint density at radius 1 is 1.32 bits per heavy atom. The fourth-order valence-corrected chi connectivity index (χ4v) is 2.17. The molecular formula is C15H11BrFNO4. The van der Waals surface area contributed by atoms with Gasteiger partial charge in [-0.25, -0.2) is 9.18 Å². The molecule has 0 amide bonds. The van der Waals surface area contributed by atoms with E-state index in [2.05, 4.69) is 15.9 Å². The Kier molecular flexibility index (Phi) is 4.87. The topological polar surface area (TPSA) is 69.4 Å². The number of esters is 1. The van der Waals surface area contributed by atoms with Crippen molar-refractivity contribution in [3.8, 4) is 0 Å². The summed E-state index contributed by atoms with van der Waals surface area (Å²) in [5.41, 5.74) is 0.163. The van der Waals surface area contributed by atoms with Gasteiger partial charge in [-0.3, -0.25) is 10.1 Å². The van der Waals surface area contributed by atoms with Crippen LogP contribution >= 0.6 is 15.9 Å². The van der Waals surface area contributed by atoms with Gasteiger partial charge in [-0.1, -0.05) is 28.1 Å². The van der Waals surface area contributed by atoms with Crippen LogP contribution in [0.1, 0.15) is 28.9 Å². The number of carbonyl (C=O) groups excluding carboxylic acids is 1. The van der Waals surface area contributed by atoms with Crippen LogP contribution in [0.25, 0.3) is 0 Å². The molecule has 0 saturated carbocycles. The number of nitro benzene ring substituents is 1. The third-order valence-corrected chi connectivity index (χ3v) is 3.48. The van der Waals surface area contributed by atoms with Crippen molar-refractivity contribution in [2.75, 3.05) is 0 Å². The molecule has 0 heterocycles. The normalized spacial score (nSPS) is 11.8.